The number of hydrogen-bond acceptors (Lipinski definition) is 2. The molecule has 0 radical (unpaired) electrons. The second-order valence-electron chi connectivity index (χ2n) is 6.74. The van der Waals surface area contributed by atoms with Gasteiger partial charge >= 0.3 is 0 Å². The fourth-order valence-electron chi connectivity index (χ4n) is 3.11. The smallest absolute Gasteiger partial charge is 0.0648 e. The molecule has 1 fully saturated rings. The van der Waals surface area contributed by atoms with Crippen molar-refractivity contribution in [2.75, 3.05) is 6.54 Å². The van der Waals surface area contributed by atoms with Crippen LogP contribution < -0.4 is 5.73 Å². The van der Waals surface area contributed by atoms with Crippen molar-refractivity contribution in [3.05, 3.63) is 0 Å². The lowest BCUT2D eigenvalue weighted by Gasteiger charge is -2.44. The van der Waals surface area contributed by atoms with Gasteiger partial charge in [-0.3, -0.25) is 0 Å². The maximum Gasteiger partial charge on any atom is 0.0648 e. The van der Waals surface area contributed by atoms with E-state index in [-0.39, 0.29) is 5.41 Å². The summed E-state index contributed by atoms with van der Waals surface area (Å²) in [5, 5.41) is 10.5. The first kappa shape index (κ1) is 15.0. The van der Waals surface area contributed by atoms with E-state index in [1.807, 2.05) is 6.92 Å². The third kappa shape index (κ3) is 3.69. The van der Waals surface area contributed by atoms with Gasteiger partial charge in [-0.2, -0.15) is 0 Å². The van der Waals surface area contributed by atoms with Crippen LogP contribution >= 0.6 is 0 Å². The molecule has 2 heteroatoms. The maximum atomic E-state index is 10.5. The highest BCUT2D eigenvalue weighted by Gasteiger charge is 2.40. The molecule has 3 N–H and O–H groups in total. The predicted molar refractivity (Wildman–Crippen MR) is 73.8 cm³/mol. The third-order valence-corrected chi connectivity index (χ3v) is 5.15. The lowest BCUT2D eigenvalue weighted by atomic mass is 9.64. The van der Waals surface area contributed by atoms with Crippen LogP contribution in [-0.2, 0) is 0 Å². The second kappa shape index (κ2) is 5.71. The van der Waals surface area contributed by atoms with Crippen molar-refractivity contribution in [3.8, 4) is 0 Å². The Labute approximate surface area is 107 Å². The zero-order chi connectivity index (χ0) is 13.1. The second-order valence-corrected chi connectivity index (χ2v) is 6.74. The maximum absolute atomic E-state index is 10.5. The van der Waals surface area contributed by atoms with E-state index in [1.54, 1.807) is 0 Å². The molecular formula is C15H31NO. The van der Waals surface area contributed by atoms with Crippen molar-refractivity contribution in [1.29, 1.82) is 0 Å². The third-order valence-electron chi connectivity index (χ3n) is 5.15. The van der Waals surface area contributed by atoms with E-state index >= 15 is 0 Å². The summed E-state index contributed by atoms with van der Waals surface area (Å²) in [5.41, 5.74) is 5.64. The highest BCUT2D eigenvalue weighted by Crippen LogP contribution is 2.45. The number of rotatable bonds is 5. The average molecular weight is 241 g/mol. The molecule has 1 rings (SSSR count). The quantitative estimate of drug-likeness (QED) is 0.775. The Bertz CT molecular complexity index is 227. The van der Waals surface area contributed by atoms with E-state index in [1.165, 1.54) is 32.1 Å². The Hall–Kier alpha value is -0.0800. The molecule has 1 unspecified atom stereocenters. The van der Waals surface area contributed by atoms with Crippen molar-refractivity contribution in [2.24, 2.45) is 23.0 Å². The first-order chi connectivity index (χ1) is 7.85. The van der Waals surface area contributed by atoms with Gasteiger partial charge in [0, 0.05) is 0 Å². The van der Waals surface area contributed by atoms with E-state index in [4.69, 9.17) is 5.73 Å². The van der Waals surface area contributed by atoms with Gasteiger partial charge in [0.1, 0.15) is 0 Å². The van der Waals surface area contributed by atoms with Gasteiger partial charge in [-0.25, -0.2) is 0 Å². The zero-order valence-corrected chi connectivity index (χ0v) is 12.1. The number of aliphatic hydroxyl groups is 1. The molecule has 17 heavy (non-hydrogen) atoms. The normalized spacial score (nSPS) is 33.7. The molecule has 0 bridgehead atoms. The Balaban J connectivity index is 2.65. The van der Waals surface area contributed by atoms with Gasteiger partial charge in [0.15, 0.2) is 0 Å². The van der Waals surface area contributed by atoms with Gasteiger partial charge in [0.2, 0.25) is 0 Å². The minimum Gasteiger partial charge on any atom is -0.390 e. The summed E-state index contributed by atoms with van der Waals surface area (Å²) in [6.07, 6.45) is 7.14. The van der Waals surface area contributed by atoms with E-state index in [0.717, 1.165) is 18.9 Å². The highest BCUT2D eigenvalue weighted by molar-refractivity contribution is 4.93. The van der Waals surface area contributed by atoms with Crippen LogP contribution in [0, 0.1) is 17.3 Å². The Kier molecular flexibility index (Phi) is 5.03. The van der Waals surface area contributed by atoms with Crippen molar-refractivity contribution in [2.45, 2.75) is 71.8 Å². The Morgan fingerprint density at radius 1 is 1.35 bits per heavy atom. The van der Waals surface area contributed by atoms with Gasteiger partial charge in [0.05, 0.1) is 5.60 Å². The Morgan fingerprint density at radius 2 is 1.88 bits per heavy atom. The van der Waals surface area contributed by atoms with Crippen LogP contribution in [0.25, 0.3) is 0 Å². The summed E-state index contributed by atoms with van der Waals surface area (Å²) in [6, 6.07) is 0. The molecule has 0 aliphatic heterocycles. The van der Waals surface area contributed by atoms with Crippen molar-refractivity contribution in [1.82, 2.24) is 0 Å². The first-order valence-electron chi connectivity index (χ1n) is 7.27. The summed E-state index contributed by atoms with van der Waals surface area (Å²) >= 11 is 0. The molecule has 0 spiro atoms. The minimum absolute atomic E-state index is 0.194. The number of nitrogens with two attached hydrogens (primary N) is 1. The fourth-order valence-corrected chi connectivity index (χ4v) is 3.11. The first-order valence-corrected chi connectivity index (χ1v) is 7.27. The Morgan fingerprint density at radius 3 is 2.24 bits per heavy atom. The van der Waals surface area contributed by atoms with Crippen LogP contribution in [0.2, 0.25) is 0 Å². The average Bonchev–Trinajstić information content (AvgIpc) is 2.29. The highest BCUT2D eigenvalue weighted by atomic mass is 16.3. The van der Waals surface area contributed by atoms with Gasteiger partial charge in [-0.05, 0) is 62.8 Å². The minimum atomic E-state index is -0.571. The number of hydrogen-bond donors (Lipinski definition) is 2. The van der Waals surface area contributed by atoms with Crippen molar-refractivity contribution >= 4 is 0 Å². The molecule has 1 saturated carbocycles. The fraction of sp³-hybridized carbons (Fsp3) is 1.00. The molecule has 102 valence electrons. The van der Waals surface area contributed by atoms with Crippen LogP contribution in [-0.4, -0.2) is 17.3 Å². The molecule has 0 amide bonds. The predicted octanol–water partition coefficient (Wildman–Crippen LogP) is 3.33. The SMILES string of the molecule is CCC1CCC(CN)(CC(C)(O)C(C)C)CC1. The van der Waals surface area contributed by atoms with Crippen LogP contribution in [0.4, 0.5) is 0 Å². The lowest BCUT2D eigenvalue weighted by Crippen LogP contribution is -2.44. The zero-order valence-electron chi connectivity index (χ0n) is 12.1. The van der Waals surface area contributed by atoms with Gasteiger partial charge < -0.3 is 10.8 Å². The van der Waals surface area contributed by atoms with E-state index < -0.39 is 5.60 Å². The monoisotopic (exact) mass is 241 g/mol. The molecule has 1 atom stereocenters. The molecule has 1 aliphatic rings. The standard InChI is InChI=1S/C15H31NO/c1-5-13-6-8-15(11-16,9-7-13)10-14(4,17)12(2)3/h12-13,17H,5-11,16H2,1-4H3. The molecule has 0 aromatic rings. The molecule has 0 saturated heterocycles. The van der Waals surface area contributed by atoms with Gasteiger partial charge in [-0.15, -0.1) is 0 Å². The van der Waals surface area contributed by atoms with Crippen LogP contribution in [0.15, 0.2) is 0 Å². The molecule has 0 aromatic carbocycles. The van der Waals surface area contributed by atoms with E-state index in [2.05, 4.69) is 20.8 Å². The lowest BCUT2D eigenvalue weighted by molar-refractivity contribution is -0.0441. The molecule has 2 nitrogen and oxygen atoms in total. The molecule has 0 aromatic heterocycles. The summed E-state index contributed by atoms with van der Waals surface area (Å²) in [7, 11) is 0. The van der Waals surface area contributed by atoms with Crippen LogP contribution in [0.3, 0.4) is 0 Å². The molecular weight excluding hydrogens is 210 g/mol. The largest absolute Gasteiger partial charge is 0.390 e. The summed E-state index contributed by atoms with van der Waals surface area (Å²) in [4.78, 5) is 0. The van der Waals surface area contributed by atoms with Gasteiger partial charge in [0.25, 0.3) is 0 Å². The topological polar surface area (TPSA) is 46.2 Å². The van der Waals surface area contributed by atoms with E-state index in [0.29, 0.717) is 5.92 Å². The summed E-state index contributed by atoms with van der Waals surface area (Å²) < 4.78 is 0. The summed E-state index contributed by atoms with van der Waals surface area (Å²) in [6.45, 7) is 9.18. The van der Waals surface area contributed by atoms with E-state index in [9.17, 15) is 5.11 Å². The van der Waals surface area contributed by atoms with Crippen LogP contribution in [0.5, 0.6) is 0 Å². The van der Waals surface area contributed by atoms with Gasteiger partial charge in [-0.1, -0.05) is 27.2 Å². The van der Waals surface area contributed by atoms with Crippen molar-refractivity contribution < 1.29 is 5.11 Å². The molecule has 0 heterocycles. The van der Waals surface area contributed by atoms with Crippen molar-refractivity contribution in [3.63, 3.8) is 0 Å². The molecule has 1 aliphatic carbocycles. The van der Waals surface area contributed by atoms with Crippen LogP contribution in [0.1, 0.15) is 66.2 Å². The summed E-state index contributed by atoms with van der Waals surface area (Å²) in [5.74, 6) is 1.19.